The molecule has 1 aromatic carbocycles. The summed E-state index contributed by atoms with van der Waals surface area (Å²) in [6.07, 6.45) is 0.493. The number of imide groups is 1. The van der Waals surface area contributed by atoms with Crippen LogP contribution in [0.4, 0.5) is 4.79 Å². The van der Waals surface area contributed by atoms with E-state index in [4.69, 9.17) is 16.3 Å². The number of ether oxygens (including phenoxy) is 1. The van der Waals surface area contributed by atoms with Crippen molar-refractivity contribution in [2.75, 3.05) is 12.4 Å². The molecule has 0 saturated carbocycles. The smallest absolute Gasteiger partial charge is 0.413 e. The summed E-state index contributed by atoms with van der Waals surface area (Å²) in [7, 11) is 0. The zero-order chi connectivity index (χ0) is 18.7. The molecule has 6 nitrogen and oxygen atoms in total. The number of nitrogens with one attached hydrogen (secondary N) is 2. The fourth-order valence-electron chi connectivity index (χ4n) is 2.94. The van der Waals surface area contributed by atoms with Crippen LogP contribution in [0.15, 0.2) is 23.1 Å². The van der Waals surface area contributed by atoms with Crippen LogP contribution in [-0.2, 0) is 20.7 Å². The molecule has 2 heterocycles. The lowest BCUT2D eigenvalue weighted by Crippen LogP contribution is -2.46. The first-order valence-corrected chi connectivity index (χ1v) is 10.6. The number of carbonyl (C=O) groups is 3. The van der Waals surface area contributed by atoms with E-state index in [2.05, 4.69) is 10.6 Å². The molecule has 3 rings (SSSR count). The number of rotatable bonds is 4. The normalized spacial score (nSPS) is 24.0. The molecule has 2 aliphatic heterocycles. The van der Waals surface area contributed by atoms with Crippen LogP contribution < -0.4 is 10.6 Å². The van der Waals surface area contributed by atoms with Crippen LogP contribution in [0.2, 0.25) is 5.02 Å². The molecule has 0 spiro atoms. The Morgan fingerprint density at radius 1 is 1.31 bits per heavy atom. The minimum atomic E-state index is -0.752. The standard InChI is InChI=1S/C17H19ClN2O4S2/c1-2-24-17(23)20-14(21)11-5-6-25-16(11)19-15(22)13-7-9-3-4-10(18)8-12(9)26-13/h3-4,8,11,13,16H,2,5-7H2,1H3,(H,19,22)(H,20,21,23). The van der Waals surface area contributed by atoms with Gasteiger partial charge in [-0.05, 0) is 43.2 Å². The Kier molecular flexibility index (Phi) is 6.37. The minimum Gasteiger partial charge on any atom is -0.450 e. The third-order valence-corrected chi connectivity index (χ3v) is 7.02. The third-order valence-electron chi connectivity index (χ3n) is 4.21. The Labute approximate surface area is 165 Å². The second kappa shape index (κ2) is 8.54. The first-order chi connectivity index (χ1) is 12.5. The van der Waals surface area contributed by atoms with E-state index < -0.39 is 17.9 Å². The van der Waals surface area contributed by atoms with Crippen LogP contribution in [0, 0.1) is 5.92 Å². The molecule has 140 valence electrons. The number of thioether (sulfide) groups is 2. The third kappa shape index (κ3) is 4.47. The van der Waals surface area contributed by atoms with Gasteiger partial charge in [0.2, 0.25) is 11.8 Å². The topological polar surface area (TPSA) is 84.5 Å². The van der Waals surface area contributed by atoms with Crippen LogP contribution in [-0.4, -0.2) is 40.9 Å². The van der Waals surface area contributed by atoms with Gasteiger partial charge in [-0.15, -0.1) is 23.5 Å². The van der Waals surface area contributed by atoms with Crippen LogP contribution in [0.5, 0.6) is 0 Å². The summed E-state index contributed by atoms with van der Waals surface area (Å²) in [5.74, 6) is -0.209. The lowest BCUT2D eigenvalue weighted by Gasteiger charge is -2.20. The fourth-order valence-corrected chi connectivity index (χ4v) is 5.76. The van der Waals surface area contributed by atoms with Crippen molar-refractivity contribution in [1.29, 1.82) is 0 Å². The first kappa shape index (κ1) is 19.4. The summed E-state index contributed by atoms with van der Waals surface area (Å²) in [5.41, 5.74) is 1.11. The largest absolute Gasteiger partial charge is 0.450 e. The highest BCUT2D eigenvalue weighted by atomic mass is 35.5. The van der Waals surface area contributed by atoms with E-state index in [0.29, 0.717) is 17.9 Å². The number of fused-ring (bicyclic) bond motifs is 1. The van der Waals surface area contributed by atoms with Crippen molar-refractivity contribution < 1.29 is 19.1 Å². The quantitative estimate of drug-likeness (QED) is 0.788. The molecule has 2 N–H and O–H groups in total. The average Bonchev–Trinajstić information content (AvgIpc) is 3.21. The predicted molar refractivity (Wildman–Crippen MR) is 102 cm³/mol. The SMILES string of the molecule is CCOC(=O)NC(=O)C1CCSC1NC(=O)C1Cc2ccc(Cl)cc2S1. The maximum atomic E-state index is 12.6. The molecular weight excluding hydrogens is 396 g/mol. The molecule has 3 unspecified atom stereocenters. The van der Waals surface area contributed by atoms with Crippen LogP contribution in [0.1, 0.15) is 18.9 Å². The van der Waals surface area contributed by atoms with Crippen molar-refractivity contribution in [2.45, 2.75) is 35.3 Å². The number of benzene rings is 1. The summed E-state index contributed by atoms with van der Waals surface area (Å²) in [6.45, 7) is 1.87. The Morgan fingerprint density at radius 3 is 2.88 bits per heavy atom. The monoisotopic (exact) mass is 414 g/mol. The number of amides is 3. The first-order valence-electron chi connectivity index (χ1n) is 8.32. The molecule has 1 fully saturated rings. The number of hydrogen-bond acceptors (Lipinski definition) is 6. The number of alkyl carbamates (subject to hydrolysis) is 1. The second-order valence-corrected chi connectivity index (χ2v) is 8.90. The van der Waals surface area contributed by atoms with E-state index in [1.165, 1.54) is 23.5 Å². The molecule has 9 heteroatoms. The lowest BCUT2D eigenvalue weighted by atomic mass is 10.1. The van der Waals surface area contributed by atoms with Crippen molar-refractivity contribution in [3.63, 3.8) is 0 Å². The van der Waals surface area contributed by atoms with Gasteiger partial charge in [0.1, 0.15) is 0 Å². The summed E-state index contributed by atoms with van der Waals surface area (Å²) >= 11 is 9.01. The molecule has 0 aromatic heterocycles. The van der Waals surface area contributed by atoms with Gasteiger partial charge in [-0.25, -0.2) is 4.79 Å². The summed E-state index contributed by atoms with van der Waals surface area (Å²) < 4.78 is 4.74. The van der Waals surface area contributed by atoms with Crippen molar-refractivity contribution in [3.05, 3.63) is 28.8 Å². The van der Waals surface area contributed by atoms with Gasteiger partial charge in [-0.3, -0.25) is 14.9 Å². The molecule has 2 aliphatic rings. The van der Waals surface area contributed by atoms with Gasteiger partial charge in [0.25, 0.3) is 0 Å². The average molecular weight is 415 g/mol. The van der Waals surface area contributed by atoms with Gasteiger partial charge < -0.3 is 10.1 Å². The molecule has 0 radical (unpaired) electrons. The zero-order valence-corrected chi connectivity index (χ0v) is 16.5. The molecule has 1 saturated heterocycles. The highest BCUT2D eigenvalue weighted by molar-refractivity contribution is 8.01. The number of halogens is 1. The van der Waals surface area contributed by atoms with Gasteiger partial charge >= 0.3 is 6.09 Å². The molecule has 0 bridgehead atoms. The highest BCUT2D eigenvalue weighted by Crippen LogP contribution is 2.39. The molecule has 3 atom stereocenters. The van der Waals surface area contributed by atoms with Crippen molar-refractivity contribution in [1.82, 2.24) is 10.6 Å². The van der Waals surface area contributed by atoms with E-state index in [9.17, 15) is 14.4 Å². The minimum absolute atomic E-state index is 0.101. The predicted octanol–water partition coefficient (Wildman–Crippen LogP) is 2.82. The Bertz CT molecular complexity index is 731. The van der Waals surface area contributed by atoms with E-state index >= 15 is 0 Å². The Balaban J connectivity index is 1.57. The number of hydrogen-bond donors (Lipinski definition) is 2. The van der Waals surface area contributed by atoms with Crippen molar-refractivity contribution in [3.8, 4) is 0 Å². The van der Waals surface area contributed by atoms with E-state index in [0.717, 1.165) is 16.2 Å². The van der Waals surface area contributed by atoms with Crippen LogP contribution >= 0.6 is 35.1 Å². The lowest BCUT2D eigenvalue weighted by molar-refractivity contribution is -0.125. The van der Waals surface area contributed by atoms with Gasteiger partial charge in [0, 0.05) is 9.92 Å². The maximum absolute atomic E-state index is 12.6. The number of carbonyl (C=O) groups excluding carboxylic acids is 3. The highest BCUT2D eigenvalue weighted by Gasteiger charge is 2.38. The van der Waals surface area contributed by atoms with E-state index in [1.54, 1.807) is 6.92 Å². The maximum Gasteiger partial charge on any atom is 0.413 e. The molecule has 3 amide bonds. The van der Waals surface area contributed by atoms with E-state index in [-0.39, 0.29) is 23.1 Å². The fraction of sp³-hybridized carbons (Fsp3) is 0.471. The Morgan fingerprint density at radius 2 is 2.12 bits per heavy atom. The molecule has 1 aromatic rings. The van der Waals surface area contributed by atoms with Gasteiger partial charge in [-0.1, -0.05) is 17.7 Å². The summed E-state index contributed by atoms with van der Waals surface area (Å²) in [5, 5.41) is 5.27. The molecule has 26 heavy (non-hydrogen) atoms. The molecule has 0 aliphatic carbocycles. The van der Waals surface area contributed by atoms with Gasteiger partial charge in [0.15, 0.2) is 0 Å². The van der Waals surface area contributed by atoms with Crippen LogP contribution in [0.25, 0.3) is 0 Å². The van der Waals surface area contributed by atoms with Crippen LogP contribution in [0.3, 0.4) is 0 Å². The van der Waals surface area contributed by atoms with Gasteiger partial charge in [0.05, 0.1) is 23.1 Å². The van der Waals surface area contributed by atoms with Gasteiger partial charge in [-0.2, -0.15) is 0 Å². The molecular formula is C17H19ClN2O4S2. The second-order valence-electron chi connectivity index (χ2n) is 5.97. The Hall–Kier alpha value is -1.38. The van der Waals surface area contributed by atoms with Crippen molar-refractivity contribution in [2.24, 2.45) is 5.92 Å². The summed E-state index contributed by atoms with van der Waals surface area (Å²) in [6, 6.07) is 5.64. The van der Waals surface area contributed by atoms with E-state index in [1.807, 2.05) is 18.2 Å². The van der Waals surface area contributed by atoms with Crippen molar-refractivity contribution >= 4 is 53.0 Å². The zero-order valence-electron chi connectivity index (χ0n) is 14.1. The summed E-state index contributed by atoms with van der Waals surface area (Å²) in [4.78, 5) is 37.4.